The van der Waals surface area contributed by atoms with E-state index < -0.39 is 5.97 Å². The number of ketones is 1. The highest BCUT2D eigenvalue weighted by molar-refractivity contribution is 6.00. The third-order valence-corrected chi connectivity index (χ3v) is 4.11. The molecular formula is C21H25N3O6. The number of likely N-dealkylation sites (N-methyl/N-ethyl adjacent to an activating group) is 1. The molecule has 1 aromatic heterocycles. The number of nitrogens with two attached hydrogens (primary N) is 1. The van der Waals surface area contributed by atoms with Crippen molar-refractivity contribution in [1.29, 1.82) is 0 Å². The number of Topliss-reactive ketones (excluding diaryl/α,β-unsaturated/α-hetero) is 1. The molecule has 9 heteroatoms. The van der Waals surface area contributed by atoms with Gasteiger partial charge in [0, 0.05) is 12.6 Å². The second-order valence-electron chi connectivity index (χ2n) is 6.36. The normalized spacial score (nSPS) is 10.2. The van der Waals surface area contributed by atoms with Gasteiger partial charge in [0.25, 0.3) is 0 Å². The van der Waals surface area contributed by atoms with Crippen LogP contribution in [0.3, 0.4) is 0 Å². The number of nitrogens with zero attached hydrogens (tertiary/aromatic N) is 2. The molecule has 2 N–H and O–H groups in total. The lowest BCUT2D eigenvalue weighted by atomic mass is 10.1. The number of amides is 1. The first-order valence-electron chi connectivity index (χ1n) is 9.29. The molecule has 2 aromatic rings. The molecule has 9 nitrogen and oxygen atoms in total. The Balaban J connectivity index is 2.07. The number of rotatable bonds is 10. The topological polar surface area (TPSA) is 121 Å². The molecule has 160 valence electrons. The van der Waals surface area contributed by atoms with E-state index in [0.717, 1.165) is 0 Å². The van der Waals surface area contributed by atoms with E-state index in [0.29, 0.717) is 29.4 Å². The summed E-state index contributed by atoms with van der Waals surface area (Å²) >= 11 is 0. The molecule has 0 fully saturated rings. The summed E-state index contributed by atoms with van der Waals surface area (Å²) in [6.07, 6.45) is 0.0333. The van der Waals surface area contributed by atoms with E-state index in [1.807, 2.05) is 0 Å². The lowest BCUT2D eigenvalue weighted by Gasteiger charge is -2.17. The van der Waals surface area contributed by atoms with Crippen LogP contribution in [0.5, 0.6) is 11.5 Å². The fourth-order valence-corrected chi connectivity index (χ4v) is 2.55. The van der Waals surface area contributed by atoms with E-state index in [-0.39, 0.29) is 37.0 Å². The molecule has 1 heterocycles. The quantitative estimate of drug-likeness (QED) is 0.458. The van der Waals surface area contributed by atoms with Crippen LogP contribution >= 0.6 is 0 Å². The van der Waals surface area contributed by atoms with Gasteiger partial charge in [-0.05, 0) is 37.3 Å². The summed E-state index contributed by atoms with van der Waals surface area (Å²) in [5.41, 5.74) is 6.47. The molecule has 2 rings (SSSR count). The van der Waals surface area contributed by atoms with Gasteiger partial charge in [0.05, 0.1) is 32.4 Å². The largest absolute Gasteiger partial charge is 0.490 e. The fraction of sp³-hybridized carbons (Fsp3) is 0.333. The third kappa shape index (κ3) is 6.47. The molecule has 0 bridgehead atoms. The zero-order valence-electron chi connectivity index (χ0n) is 17.2. The number of pyridine rings is 1. The first kappa shape index (κ1) is 22.7. The molecule has 0 atom stereocenters. The Labute approximate surface area is 174 Å². The summed E-state index contributed by atoms with van der Waals surface area (Å²) < 4.78 is 15.4. The molecule has 0 aliphatic rings. The number of esters is 1. The Kier molecular flexibility index (Phi) is 8.16. The van der Waals surface area contributed by atoms with Gasteiger partial charge in [0.1, 0.15) is 5.82 Å². The summed E-state index contributed by atoms with van der Waals surface area (Å²) in [4.78, 5) is 41.8. The number of anilines is 1. The van der Waals surface area contributed by atoms with E-state index in [9.17, 15) is 14.4 Å². The molecule has 0 radical (unpaired) electrons. The molecule has 1 amide bonds. The highest BCUT2D eigenvalue weighted by atomic mass is 16.6. The first-order chi connectivity index (χ1) is 14.3. The Morgan fingerprint density at radius 2 is 1.87 bits per heavy atom. The van der Waals surface area contributed by atoms with Crippen molar-refractivity contribution in [2.24, 2.45) is 0 Å². The zero-order valence-corrected chi connectivity index (χ0v) is 17.2. The van der Waals surface area contributed by atoms with Crippen LogP contribution in [0.4, 0.5) is 5.82 Å². The maximum Gasteiger partial charge on any atom is 0.343 e. The maximum absolute atomic E-state index is 12.7. The number of nitrogen functional groups attached to an aromatic ring is 1. The number of hydrogen-bond acceptors (Lipinski definition) is 8. The highest BCUT2D eigenvalue weighted by Crippen LogP contribution is 2.29. The molecule has 0 spiro atoms. The van der Waals surface area contributed by atoms with Gasteiger partial charge in [0.15, 0.2) is 23.9 Å². The number of aromatic nitrogens is 1. The number of ether oxygens (including phenoxy) is 3. The molecule has 0 saturated heterocycles. The van der Waals surface area contributed by atoms with Gasteiger partial charge in [0.2, 0.25) is 5.91 Å². The van der Waals surface area contributed by atoms with E-state index in [4.69, 9.17) is 15.2 Å². The number of methoxy groups -OCH3 is 1. The van der Waals surface area contributed by atoms with Gasteiger partial charge in [-0.25, -0.2) is 9.78 Å². The smallest absolute Gasteiger partial charge is 0.343 e. The van der Waals surface area contributed by atoms with Gasteiger partial charge in [-0.2, -0.15) is 0 Å². The van der Waals surface area contributed by atoms with Crippen molar-refractivity contribution in [3.63, 3.8) is 0 Å². The molecular weight excluding hydrogens is 390 g/mol. The van der Waals surface area contributed by atoms with Crippen molar-refractivity contribution in [3.8, 4) is 11.5 Å². The van der Waals surface area contributed by atoms with Crippen molar-refractivity contribution < 1.29 is 28.6 Å². The van der Waals surface area contributed by atoms with Crippen LogP contribution in [0.2, 0.25) is 0 Å². The van der Waals surface area contributed by atoms with E-state index >= 15 is 0 Å². The molecule has 1 aromatic carbocycles. The van der Waals surface area contributed by atoms with E-state index in [1.165, 1.54) is 25.1 Å². The van der Waals surface area contributed by atoms with Crippen molar-refractivity contribution in [1.82, 2.24) is 9.88 Å². The molecule has 0 unspecified atom stereocenters. The molecule has 0 saturated carbocycles. The average molecular weight is 415 g/mol. The minimum absolute atomic E-state index is 0.0333. The van der Waals surface area contributed by atoms with Gasteiger partial charge >= 0.3 is 5.97 Å². The van der Waals surface area contributed by atoms with E-state index in [2.05, 4.69) is 9.72 Å². The number of benzene rings is 1. The predicted octanol–water partition coefficient (Wildman–Crippen LogP) is 1.50. The van der Waals surface area contributed by atoms with Crippen LogP contribution in [0.15, 0.2) is 36.4 Å². The average Bonchev–Trinajstić information content (AvgIpc) is 2.72. The SMILES string of the molecule is CCOc1ccc(C(=O)CN(C)C(=O)Cc2cccc(N)n2)cc1OCC(=O)OC. The maximum atomic E-state index is 12.7. The molecule has 0 aliphatic heterocycles. The van der Waals surface area contributed by atoms with Crippen LogP contribution in [0.25, 0.3) is 0 Å². The summed E-state index contributed by atoms with van der Waals surface area (Å²) in [6.45, 7) is 1.74. The third-order valence-electron chi connectivity index (χ3n) is 4.11. The molecule has 30 heavy (non-hydrogen) atoms. The highest BCUT2D eigenvalue weighted by Gasteiger charge is 2.18. The summed E-state index contributed by atoms with van der Waals surface area (Å²) in [7, 11) is 2.79. The minimum atomic E-state index is -0.560. The number of carbonyl (C=O) groups is 3. The Hall–Kier alpha value is -3.62. The molecule has 0 aliphatic carbocycles. The lowest BCUT2D eigenvalue weighted by molar-refractivity contribution is -0.143. The van der Waals surface area contributed by atoms with Crippen LogP contribution in [0, 0.1) is 0 Å². The lowest BCUT2D eigenvalue weighted by Crippen LogP contribution is -2.33. The Morgan fingerprint density at radius 3 is 2.53 bits per heavy atom. The van der Waals surface area contributed by atoms with Gasteiger partial charge < -0.3 is 24.8 Å². The standard InChI is InChI=1S/C21H25N3O6/c1-4-29-17-9-8-14(10-18(17)30-13-21(27)28-3)16(25)12-24(2)20(26)11-15-6-5-7-19(22)23-15/h5-10H,4,11-13H2,1-3H3,(H2,22,23). The number of carbonyl (C=O) groups excluding carboxylic acids is 3. The second kappa shape index (κ2) is 10.8. The van der Waals surface area contributed by atoms with Crippen molar-refractivity contribution in [2.75, 3.05) is 39.6 Å². The Morgan fingerprint density at radius 1 is 1.10 bits per heavy atom. The minimum Gasteiger partial charge on any atom is -0.490 e. The van der Waals surface area contributed by atoms with Crippen molar-refractivity contribution >= 4 is 23.5 Å². The van der Waals surface area contributed by atoms with Crippen molar-refractivity contribution in [3.05, 3.63) is 47.7 Å². The zero-order chi connectivity index (χ0) is 22.1. The van der Waals surface area contributed by atoms with Crippen LogP contribution in [-0.4, -0.2) is 61.5 Å². The second-order valence-corrected chi connectivity index (χ2v) is 6.36. The predicted molar refractivity (Wildman–Crippen MR) is 109 cm³/mol. The van der Waals surface area contributed by atoms with Crippen LogP contribution in [0.1, 0.15) is 23.0 Å². The van der Waals surface area contributed by atoms with Gasteiger partial charge in [-0.3, -0.25) is 9.59 Å². The van der Waals surface area contributed by atoms with Crippen LogP contribution < -0.4 is 15.2 Å². The monoisotopic (exact) mass is 415 g/mol. The summed E-state index contributed by atoms with van der Waals surface area (Å²) in [5, 5.41) is 0. The fourth-order valence-electron chi connectivity index (χ4n) is 2.55. The first-order valence-corrected chi connectivity index (χ1v) is 9.29. The van der Waals surface area contributed by atoms with Gasteiger partial charge in [-0.1, -0.05) is 6.07 Å². The summed E-state index contributed by atoms with van der Waals surface area (Å²) in [5.74, 6) is -0.157. The van der Waals surface area contributed by atoms with Crippen molar-refractivity contribution in [2.45, 2.75) is 13.3 Å². The summed E-state index contributed by atoms with van der Waals surface area (Å²) in [6, 6.07) is 9.69. The van der Waals surface area contributed by atoms with Gasteiger partial charge in [-0.15, -0.1) is 0 Å². The Bertz CT molecular complexity index is 915. The van der Waals surface area contributed by atoms with E-state index in [1.54, 1.807) is 37.3 Å². The van der Waals surface area contributed by atoms with Crippen LogP contribution in [-0.2, 0) is 20.7 Å². The number of hydrogen-bond donors (Lipinski definition) is 1.